The van der Waals surface area contributed by atoms with E-state index in [2.05, 4.69) is 15.2 Å². The minimum Gasteiger partial charge on any atom is -0.480 e. The molecule has 0 saturated heterocycles. The fraction of sp³-hybridized carbons (Fsp3) is 0.368. The highest BCUT2D eigenvalue weighted by Crippen LogP contribution is 2.40. The number of hydrogen-bond donors (Lipinski definition) is 1. The number of halogens is 3. The number of aliphatic carboxylic acids is 1. The van der Waals surface area contributed by atoms with Gasteiger partial charge in [0.15, 0.2) is 5.16 Å². The van der Waals surface area contributed by atoms with E-state index in [0.29, 0.717) is 33.9 Å². The van der Waals surface area contributed by atoms with Gasteiger partial charge >= 0.3 is 12.1 Å². The predicted octanol–water partition coefficient (Wildman–Crippen LogP) is 4.71. The van der Waals surface area contributed by atoms with Crippen molar-refractivity contribution < 1.29 is 23.1 Å². The molecular weight excluding hydrogens is 405 g/mol. The Morgan fingerprint density at radius 2 is 1.76 bits per heavy atom. The number of nitrogens with zero attached hydrogens (tertiary/aromatic N) is 4. The van der Waals surface area contributed by atoms with Crippen LogP contribution in [0.1, 0.15) is 36.5 Å². The first-order chi connectivity index (χ1) is 13.3. The lowest BCUT2D eigenvalue weighted by atomic mass is 10.0. The topological polar surface area (TPSA) is 80.9 Å². The van der Waals surface area contributed by atoms with Gasteiger partial charge in [-0.2, -0.15) is 13.2 Å². The molecule has 3 aromatic rings. The maximum absolute atomic E-state index is 13.8. The zero-order valence-electron chi connectivity index (χ0n) is 16.4. The van der Waals surface area contributed by atoms with Gasteiger partial charge in [-0.25, -0.2) is 0 Å². The van der Waals surface area contributed by atoms with Crippen molar-refractivity contribution in [2.24, 2.45) is 0 Å². The summed E-state index contributed by atoms with van der Waals surface area (Å²) in [7, 11) is 0. The monoisotopic (exact) mass is 424 g/mol. The molecule has 2 heterocycles. The number of benzene rings is 1. The Hall–Kier alpha value is -2.62. The largest absolute Gasteiger partial charge is 0.480 e. The molecule has 1 aromatic carbocycles. The summed E-state index contributed by atoms with van der Waals surface area (Å²) in [5.74, 6) is -2.40. The van der Waals surface area contributed by atoms with Gasteiger partial charge in [-0.3, -0.25) is 14.3 Å². The second-order valence-corrected chi connectivity index (χ2v) is 8.85. The molecule has 0 bridgehead atoms. The summed E-state index contributed by atoms with van der Waals surface area (Å²) in [4.78, 5) is 16.0. The van der Waals surface area contributed by atoms with Gasteiger partial charge in [0.1, 0.15) is 4.75 Å². The van der Waals surface area contributed by atoms with Crippen LogP contribution in [0, 0.1) is 20.8 Å². The first kappa shape index (κ1) is 21.1. The highest BCUT2D eigenvalue weighted by atomic mass is 32.2. The van der Waals surface area contributed by atoms with Gasteiger partial charge in [-0.05, 0) is 51.8 Å². The number of rotatable bonds is 4. The molecule has 0 aliphatic rings. The van der Waals surface area contributed by atoms with Crippen LogP contribution in [0.4, 0.5) is 13.2 Å². The van der Waals surface area contributed by atoms with E-state index in [1.165, 1.54) is 13.8 Å². The number of fused-ring (bicyclic) bond motifs is 1. The Labute approximate surface area is 169 Å². The van der Waals surface area contributed by atoms with Crippen LogP contribution < -0.4 is 0 Å². The van der Waals surface area contributed by atoms with E-state index in [4.69, 9.17) is 0 Å². The van der Waals surface area contributed by atoms with Crippen LogP contribution in [0.25, 0.3) is 16.6 Å². The number of hydrogen-bond acceptors (Lipinski definition) is 5. The summed E-state index contributed by atoms with van der Waals surface area (Å²) >= 11 is 0.700. The molecule has 10 heteroatoms. The highest BCUT2D eigenvalue weighted by Gasteiger charge is 2.41. The molecule has 0 radical (unpaired) electrons. The lowest BCUT2D eigenvalue weighted by molar-refractivity contribution is -0.146. The third kappa shape index (κ3) is 3.81. The Bertz CT molecular complexity index is 1120. The molecule has 3 rings (SSSR count). The summed E-state index contributed by atoms with van der Waals surface area (Å²) in [6, 6.07) is 5.36. The van der Waals surface area contributed by atoms with E-state index in [1.54, 1.807) is 26.0 Å². The normalized spacial score (nSPS) is 12.6. The lowest BCUT2D eigenvalue weighted by Gasteiger charge is -2.21. The molecule has 0 unspecified atom stereocenters. The van der Waals surface area contributed by atoms with Crippen LogP contribution in [0.2, 0.25) is 0 Å². The predicted molar refractivity (Wildman–Crippen MR) is 103 cm³/mol. The van der Waals surface area contributed by atoms with Crippen molar-refractivity contribution in [1.29, 1.82) is 0 Å². The second-order valence-electron chi connectivity index (χ2n) is 7.26. The summed E-state index contributed by atoms with van der Waals surface area (Å²) in [6.45, 7) is 8.09. The number of pyridine rings is 1. The summed E-state index contributed by atoms with van der Waals surface area (Å²) < 4.78 is 40.7. The standard InChI is InChI=1S/C19H19F3N4O2S/c1-9-8-10(2)14(13-12(9)7-6-11(3)23-13)26-15(19(20,21)22)24-25-17(26)29-18(4,5)16(27)28/h6-8H,1-5H3,(H,27,28). The maximum atomic E-state index is 13.8. The molecule has 0 atom stereocenters. The number of carbonyl (C=O) groups is 1. The molecule has 6 nitrogen and oxygen atoms in total. The fourth-order valence-corrected chi connectivity index (χ4v) is 3.88. The van der Waals surface area contributed by atoms with E-state index in [0.717, 1.165) is 10.1 Å². The second kappa shape index (κ2) is 7.01. The SMILES string of the molecule is Cc1ccc2c(C)cc(C)c(-n3c(SC(C)(C)C(=O)O)nnc3C(F)(F)F)c2n1. The van der Waals surface area contributed by atoms with Crippen molar-refractivity contribution in [3.63, 3.8) is 0 Å². The van der Waals surface area contributed by atoms with Gasteiger partial charge in [-0.15, -0.1) is 10.2 Å². The first-order valence-electron chi connectivity index (χ1n) is 8.66. The average molecular weight is 424 g/mol. The third-order valence-corrected chi connectivity index (χ3v) is 5.59. The van der Waals surface area contributed by atoms with Crippen LogP contribution in [0.3, 0.4) is 0 Å². The van der Waals surface area contributed by atoms with Gasteiger partial charge in [0.05, 0.1) is 11.2 Å². The van der Waals surface area contributed by atoms with Crippen molar-refractivity contribution >= 4 is 28.6 Å². The van der Waals surface area contributed by atoms with E-state index in [9.17, 15) is 23.1 Å². The summed E-state index contributed by atoms with van der Waals surface area (Å²) in [6.07, 6.45) is -4.79. The van der Waals surface area contributed by atoms with Crippen LogP contribution in [0.15, 0.2) is 23.4 Å². The maximum Gasteiger partial charge on any atom is 0.452 e. The molecule has 154 valence electrons. The van der Waals surface area contributed by atoms with Crippen LogP contribution in [-0.4, -0.2) is 35.6 Å². The van der Waals surface area contributed by atoms with Gasteiger partial charge in [-0.1, -0.05) is 23.9 Å². The van der Waals surface area contributed by atoms with Crippen LogP contribution >= 0.6 is 11.8 Å². The van der Waals surface area contributed by atoms with Crippen molar-refractivity contribution in [1.82, 2.24) is 19.7 Å². The zero-order chi connectivity index (χ0) is 21.7. The number of carboxylic acid groups (broad SMARTS) is 1. The van der Waals surface area contributed by atoms with E-state index in [-0.39, 0.29) is 10.8 Å². The third-order valence-electron chi connectivity index (χ3n) is 4.46. The van der Waals surface area contributed by atoms with Gasteiger partial charge < -0.3 is 5.11 Å². The molecule has 0 aliphatic heterocycles. The number of alkyl halides is 3. The Balaban J connectivity index is 2.40. The van der Waals surface area contributed by atoms with Crippen molar-refractivity contribution in [2.45, 2.75) is 50.7 Å². The summed E-state index contributed by atoms with van der Waals surface area (Å²) in [5.41, 5.74) is 2.63. The molecule has 2 aromatic heterocycles. The van der Waals surface area contributed by atoms with Crippen molar-refractivity contribution in [3.8, 4) is 5.69 Å². The minimum atomic E-state index is -4.79. The molecular formula is C19H19F3N4O2S. The van der Waals surface area contributed by atoms with E-state index < -0.39 is 22.7 Å². The zero-order valence-corrected chi connectivity index (χ0v) is 17.2. The van der Waals surface area contributed by atoms with Crippen LogP contribution in [0.5, 0.6) is 0 Å². The number of thioether (sulfide) groups is 1. The number of aryl methyl sites for hydroxylation is 3. The molecule has 0 fully saturated rings. The Kier molecular flexibility index (Phi) is 5.10. The van der Waals surface area contributed by atoms with Gasteiger partial charge in [0.2, 0.25) is 5.82 Å². The number of carboxylic acids is 1. The summed E-state index contributed by atoms with van der Waals surface area (Å²) in [5, 5.41) is 17.0. The number of aromatic nitrogens is 4. The smallest absolute Gasteiger partial charge is 0.452 e. The van der Waals surface area contributed by atoms with Gasteiger partial charge in [0, 0.05) is 11.1 Å². The quantitative estimate of drug-likeness (QED) is 0.611. The Morgan fingerprint density at radius 3 is 2.34 bits per heavy atom. The minimum absolute atomic E-state index is 0.165. The molecule has 1 N–H and O–H groups in total. The highest BCUT2D eigenvalue weighted by molar-refractivity contribution is 8.01. The van der Waals surface area contributed by atoms with Crippen LogP contribution in [-0.2, 0) is 11.0 Å². The van der Waals surface area contributed by atoms with Gasteiger partial charge in [0.25, 0.3) is 0 Å². The van der Waals surface area contributed by atoms with Crippen molar-refractivity contribution in [2.75, 3.05) is 0 Å². The van der Waals surface area contributed by atoms with E-state index >= 15 is 0 Å². The average Bonchev–Trinajstić information content (AvgIpc) is 2.97. The van der Waals surface area contributed by atoms with Crippen molar-refractivity contribution in [3.05, 3.63) is 40.8 Å². The molecule has 0 saturated carbocycles. The first-order valence-corrected chi connectivity index (χ1v) is 9.47. The molecule has 0 aliphatic carbocycles. The van der Waals surface area contributed by atoms with E-state index in [1.807, 2.05) is 13.0 Å². The lowest BCUT2D eigenvalue weighted by Crippen LogP contribution is -2.28. The molecule has 0 spiro atoms. The fourth-order valence-electron chi connectivity index (χ4n) is 2.99. The molecule has 0 amide bonds. The molecule has 29 heavy (non-hydrogen) atoms. The Morgan fingerprint density at radius 1 is 1.10 bits per heavy atom.